The lowest BCUT2D eigenvalue weighted by atomic mass is 10.1. The largest absolute Gasteiger partial charge is 0.468 e. The summed E-state index contributed by atoms with van der Waals surface area (Å²) in [5, 5.41) is 9.83. The molecule has 3 N–H and O–H groups in total. The molecule has 5 rings (SSSR count). The molecule has 0 spiro atoms. The van der Waals surface area contributed by atoms with Gasteiger partial charge in [-0.05, 0) is 31.2 Å². The Morgan fingerprint density at radius 2 is 2.03 bits per heavy atom. The van der Waals surface area contributed by atoms with Crippen molar-refractivity contribution in [2.45, 2.75) is 30.8 Å². The number of carbonyl (C=O) groups is 1. The van der Waals surface area contributed by atoms with Crippen LogP contribution >= 0.6 is 11.6 Å². The Hall–Kier alpha value is -2.74. The summed E-state index contributed by atoms with van der Waals surface area (Å²) in [5.74, 6) is 0.440. The lowest BCUT2D eigenvalue weighted by Gasteiger charge is -2.24. The number of anilines is 4. The van der Waals surface area contributed by atoms with Gasteiger partial charge in [-0.1, -0.05) is 11.6 Å². The monoisotopic (exact) mass is 562 g/mol. The van der Waals surface area contributed by atoms with Crippen LogP contribution in [0.15, 0.2) is 24.4 Å². The van der Waals surface area contributed by atoms with E-state index in [9.17, 15) is 4.79 Å². The molecule has 212 valence electrons. The molecule has 1 aromatic heterocycles. The normalized spacial score (nSPS) is 25.9. The molecule has 0 radical (unpaired) electrons. The Kier molecular flexibility index (Phi) is 9.00. The van der Waals surface area contributed by atoms with E-state index in [1.807, 2.05) is 30.1 Å². The first-order valence-corrected chi connectivity index (χ1v) is 13.4. The van der Waals surface area contributed by atoms with Crippen LogP contribution in [0.2, 0.25) is 5.02 Å². The number of benzene rings is 1. The molecule has 13 heteroatoms. The lowest BCUT2D eigenvalue weighted by Crippen LogP contribution is -2.35. The molecule has 4 heterocycles. The van der Waals surface area contributed by atoms with Gasteiger partial charge in [-0.15, -0.1) is 0 Å². The number of nitrogens with one attached hydrogen (secondary N) is 3. The van der Waals surface area contributed by atoms with Crippen molar-refractivity contribution in [1.82, 2.24) is 15.3 Å². The Balaban J connectivity index is 1.32. The number of hydrogen-bond acceptors (Lipinski definition) is 11. The predicted octanol–water partition coefficient (Wildman–Crippen LogP) is 2.06. The lowest BCUT2D eigenvalue weighted by molar-refractivity contribution is -0.119. The summed E-state index contributed by atoms with van der Waals surface area (Å²) >= 11 is 6.37. The zero-order chi connectivity index (χ0) is 27.4. The first-order chi connectivity index (χ1) is 19.0. The highest BCUT2D eigenvalue weighted by Crippen LogP contribution is 2.34. The van der Waals surface area contributed by atoms with E-state index >= 15 is 0 Å². The molecular formula is C26H35ClN6O6. The number of aromatic nitrogens is 2. The molecule has 0 saturated carbocycles. The van der Waals surface area contributed by atoms with E-state index in [-0.39, 0.29) is 47.1 Å². The molecule has 3 fully saturated rings. The summed E-state index contributed by atoms with van der Waals surface area (Å²) < 4.78 is 28.4. The average molecular weight is 563 g/mol. The van der Waals surface area contributed by atoms with Gasteiger partial charge in [0.05, 0.1) is 43.3 Å². The molecule has 3 aliphatic heterocycles. The van der Waals surface area contributed by atoms with E-state index < -0.39 is 0 Å². The summed E-state index contributed by atoms with van der Waals surface area (Å²) in [6.45, 7) is 3.53. The molecule has 2 aromatic rings. The fourth-order valence-electron chi connectivity index (χ4n) is 5.01. The predicted molar refractivity (Wildman–Crippen MR) is 146 cm³/mol. The van der Waals surface area contributed by atoms with Crippen molar-refractivity contribution in [2.75, 3.05) is 76.3 Å². The number of nitrogens with zero attached hydrogens (tertiary/aromatic N) is 3. The van der Waals surface area contributed by atoms with Gasteiger partial charge >= 0.3 is 0 Å². The molecule has 1 aromatic carbocycles. The summed E-state index contributed by atoms with van der Waals surface area (Å²) in [7, 11) is 5.26. The minimum Gasteiger partial charge on any atom is -0.468 e. The fourth-order valence-corrected chi connectivity index (χ4v) is 5.14. The van der Waals surface area contributed by atoms with Gasteiger partial charge in [0.2, 0.25) is 17.7 Å². The second kappa shape index (κ2) is 12.6. The number of ether oxygens (including phenoxy) is 5. The van der Waals surface area contributed by atoms with Crippen LogP contribution in [0, 0.1) is 5.92 Å². The molecule has 0 aliphatic carbocycles. The van der Waals surface area contributed by atoms with Gasteiger partial charge < -0.3 is 44.5 Å². The quantitative estimate of drug-likeness (QED) is 0.372. The van der Waals surface area contributed by atoms with Gasteiger partial charge in [-0.2, -0.15) is 4.98 Å². The summed E-state index contributed by atoms with van der Waals surface area (Å²) in [4.78, 5) is 23.8. The third-order valence-corrected chi connectivity index (χ3v) is 7.48. The molecule has 1 unspecified atom stereocenters. The Bertz CT molecular complexity index is 1150. The number of fused-ring (bicyclic) bond motifs is 1. The van der Waals surface area contributed by atoms with Gasteiger partial charge in [0.1, 0.15) is 23.3 Å². The number of rotatable bonds is 11. The summed E-state index contributed by atoms with van der Waals surface area (Å²) in [5.41, 5.74) is 2.25. The van der Waals surface area contributed by atoms with Crippen molar-refractivity contribution in [3.8, 4) is 5.88 Å². The van der Waals surface area contributed by atoms with Crippen LogP contribution in [0.25, 0.3) is 0 Å². The van der Waals surface area contributed by atoms with Gasteiger partial charge in [0, 0.05) is 40.0 Å². The van der Waals surface area contributed by atoms with Crippen molar-refractivity contribution in [1.29, 1.82) is 0 Å². The van der Waals surface area contributed by atoms with Crippen molar-refractivity contribution in [2.24, 2.45) is 5.92 Å². The first kappa shape index (κ1) is 27.8. The zero-order valence-electron chi connectivity index (χ0n) is 22.3. The van der Waals surface area contributed by atoms with Crippen LogP contribution in [0.1, 0.15) is 6.42 Å². The highest BCUT2D eigenvalue weighted by atomic mass is 35.5. The van der Waals surface area contributed by atoms with E-state index in [4.69, 9.17) is 35.3 Å². The number of methoxy groups -OCH3 is 2. The molecule has 5 atom stereocenters. The van der Waals surface area contributed by atoms with Crippen LogP contribution < -0.4 is 25.6 Å². The molecule has 12 nitrogen and oxygen atoms in total. The zero-order valence-corrected chi connectivity index (χ0v) is 23.1. The maximum atomic E-state index is 12.9. The number of carbonyl (C=O) groups excluding carboxylic acids is 1. The molecule has 1 amide bonds. The van der Waals surface area contributed by atoms with E-state index in [2.05, 4.69) is 25.9 Å². The van der Waals surface area contributed by atoms with Crippen molar-refractivity contribution >= 4 is 40.5 Å². The highest BCUT2D eigenvalue weighted by Gasteiger charge is 2.49. The van der Waals surface area contributed by atoms with Crippen LogP contribution in [-0.4, -0.2) is 101 Å². The Labute approximate surface area is 232 Å². The molecule has 3 saturated heterocycles. The van der Waals surface area contributed by atoms with Gasteiger partial charge in [-0.3, -0.25) is 4.79 Å². The van der Waals surface area contributed by atoms with Crippen LogP contribution in [0.5, 0.6) is 5.88 Å². The molecule has 3 aliphatic rings. The second-order valence-electron chi connectivity index (χ2n) is 9.82. The van der Waals surface area contributed by atoms with E-state index in [0.29, 0.717) is 50.2 Å². The first-order valence-electron chi connectivity index (χ1n) is 13.0. The van der Waals surface area contributed by atoms with Crippen LogP contribution in [0.3, 0.4) is 0 Å². The smallest absolute Gasteiger partial charge is 0.237 e. The molecule has 0 bridgehead atoms. The van der Waals surface area contributed by atoms with E-state index in [1.54, 1.807) is 14.2 Å². The third kappa shape index (κ3) is 6.37. The number of amides is 1. The van der Waals surface area contributed by atoms with Crippen molar-refractivity contribution < 1.29 is 28.5 Å². The minimum atomic E-state index is -0.371. The maximum absolute atomic E-state index is 12.9. The Morgan fingerprint density at radius 3 is 2.77 bits per heavy atom. The van der Waals surface area contributed by atoms with Gasteiger partial charge in [0.15, 0.2) is 6.10 Å². The van der Waals surface area contributed by atoms with E-state index in [1.165, 1.54) is 6.20 Å². The van der Waals surface area contributed by atoms with Crippen molar-refractivity contribution in [3.05, 3.63) is 29.4 Å². The standard InChI is InChI=1S/C26H35ClN6O6/c1-33(8-9-35-2)19-5-4-16(10-18(19)31-24(34)15-6-7-28-11-15)30-26-29-12-17(27)25(32-26)39-21-14-38-22-20(36-3)13-37-23(21)22/h4-5,10,12,15,20-23,28H,6-9,11,13-14H2,1-3H3,(H,31,34)(H,29,30,32)/t15?,20-,21-,22-,23-/m1/s1. The number of halogens is 1. The van der Waals surface area contributed by atoms with Gasteiger partial charge in [-0.25, -0.2) is 4.98 Å². The minimum absolute atomic E-state index is 0.0149. The average Bonchev–Trinajstić information content (AvgIpc) is 3.69. The highest BCUT2D eigenvalue weighted by molar-refractivity contribution is 6.31. The topological polar surface area (TPSA) is 128 Å². The summed E-state index contributed by atoms with van der Waals surface area (Å²) in [6, 6.07) is 5.70. The summed E-state index contributed by atoms with van der Waals surface area (Å²) in [6.07, 6.45) is 1.34. The Morgan fingerprint density at radius 1 is 1.23 bits per heavy atom. The second-order valence-corrected chi connectivity index (χ2v) is 10.2. The van der Waals surface area contributed by atoms with Gasteiger partial charge in [0.25, 0.3) is 0 Å². The van der Waals surface area contributed by atoms with E-state index in [0.717, 1.165) is 18.7 Å². The van der Waals surface area contributed by atoms with Crippen molar-refractivity contribution in [3.63, 3.8) is 0 Å². The fraction of sp³-hybridized carbons (Fsp3) is 0.577. The van der Waals surface area contributed by atoms with Crippen LogP contribution in [0.4, 0.5) is 23.0 Å². The third-order valence-electron chi connectivity index (χ3n) is 7.22. The number of likely N-dealkylation sites (N-methyl/N-ethyl adjacent to an activating group) is 1. The van der Waals surface area contributed by atoms with Crippen LogP contribution in [-0.2, 0) is 23.7 Å². The number of hydrogen-bond donors (Lipinski definition) is 3. The molecular weight excluding hydrogens is 528 g/mol. The molecule has 39 heavy (non-hydrogen) atoms. The maximum Gasteiger partial charge on any atom is 0.237 e. The SMILES string of the molecule is COCCN(C)c1ccc(Nc2ncc(Cl)c(O[C@@H]3CO[C@H]4[C@@H]3OC[C@H]4OC)n2)cc1NC(=O)C1CCNC1.